The predicted octanol–water partition coefficient (Wildman–Crippen LogP) is 2.45. The molecule has 1 aliphatic heterocycles. The van der Waals surface area contributed by atoms with Gasteiger partial charge in [0.2, 0.25) is 0 Å². The van der Waals surface area contributed by atoms with E-state index in [4.69, 9.17) is 5.11 Å². The summed E-state index contributed by atoms with van der Waals surface area (Å²) in [6.45, 7) is 7.20. The zero-order chi connectivity index (χ0) is 13.1. The molecule has 100 valence electrons. The smallest absolute Gasteiger partial charge is 0.303 e. The van der Waals surface area contributed by atoms with Gasteiger partial charge in [-0.05, 0) is 39.2 Å². The molecule has 0 radical (unpaired) electrons. The lowest BCUT2D eigenvalue weighted by Gasteiger charge is -2.14. The molecule has 4 nitrogen and oxygen atoms in total. The maximum atomic E-state index is 10.6. The van der Waals surface area contributed by atoms with Crippen molar-refractivity contribution in [2.45, 2.75) is 39.7 Å². The van der Waals surface area contributed by atoms with E-state index >= 15 is 0 Å². The van der Waals surface area contributed by atoms with E-state index in [2.05, 4.69) is 16.8 Å². The Hall–Kier alpha value is -0.940. The van der Waals surface area contributed by atoms with Gasteiger partial charge in [-0.15, -0.1) is 11.3 Å². The van der Waals surface area contributed by atoms with Crippen LogP contribution < -0.4 is 0 Å². The van der Waals surface area contributed by atoms with Crippen LogP contribution in [0.4, 0.5) is 0 Å². The first-order chi connectivity index (χ1) is 8.54. The Kier molecular flexibility index (Phi) is 4.35. The lowest BCUT2D eigenvalue weighted by molar-refractivity contribution is -0.137. The van der Waals surface area contributed by atoms with Crippen LogP contribution in [0.2, 0.25) is 0 Å². The molecule has 5 heteroatoms. The van der Waals surface area contributed by atoms with Crippen molar-refractivity contribution in [3.8, 4) is 0 Å². The summed E-state index contributed by atoms with van der Waals surface area (Å²) >= 11 is 1.77. The Morgan fingerprint density at radius 2 is 2.33 bits per heavy atom. The highest BCUT2D eigenvalue weighted by atomic mass is 32.1. The normalized spacial score (nSPS) is 20.4. The van der Waals surface area contributed by atoms with Gasteiger partial charge >= 0.3 is 5.97 Å². The largest absolute Gasteiger partial charge is 0.481 e. The average molecular weight is 268 g/mol. The van der Waals surface area contributed by atoms with Gasteiger partial charge in [0.05, 0.1) is 10.7 Å². The van der Waals surface area contributed by atoms with Gasteiger partial charge in [-0.2, -0.15) is 0 Å². The Morgan fingerprint density at radius 3 is 2.94 bits per heavy atom. The van der Waals surface area contributed by atoms with E-state index in [0.29, 0.717) is 12.3 Å². The monoisotopic (exact) mass is 268 g/mol. The third kappa shape index (κ3) is 3.53. The number of hydrogen-bond acceptors (Lipinski definition) is 4. The van der Waals surface area contributed by atoms with Gasteiger partial charge in [-0.1, -0.05) is 0 Å². The van der Waals surface area contributed by atoms with Crippen LogP contribution in [-0.2, 0) is 11.3 Å². The van der Waals surface area contributed by atoms with Crippen LogP contribution in [-0.4, -0.2) is 34.0 Å². The van der Waals surface area contributed by atoms with Crippen molar-refractivity contribution in [3.63, 3.8) is 0 Å². The van der Waals surface area contributed by atoms with Crippen LogP contribution >= 0.6 is 11.3 Å². The molecule has 1 atom stereocenters. The van der Waals surface area contributed by atoms with Crippen LogP contribution in [0.15, 0.2) is 0 Å². The molecule has 0 aromatic carbocycles. The number of hydrogen-bond donors (Lipinski definition) is 1. The molecule has 1 saturated heterocycles. The van der Waals surface area contributed by atoms with Crippen LogP contribution in [0, 0.1) is 19.8 Å². The maximum Gasteiger partial charge on any atom is 0.303 e. The third-order valence-corrected chi connectivity index (χ3v) is 4.56. The van der Waals surface area contributed by atoms with Crippen molar-refractivity contribution in [2.75, 3.05) is 13.1 Å². The van der Waals surface area contributed by atoms with E-state index in [0.717, 1.165) is 43.2 Å². The second-order valence-electron chi connectivity index (χ2n) is 5.06. The molecule has 1 aromatic heterocycles. The number of likely N-dealkylation sites (tertiary alicyclic amines) is 1. The van der Waals surface area contributed by atoms with Gasteiger partial charge in [-0.25, -0.2) is 4.98 Å². The van der Waals surface area contributed by atoms with Gasteiger partial charge in [0.25, 0.3) is 0 Å². The molecule has 1 N–H and O–H groups in total. The molecule has 0 aliphatic carbocycles. The van der Waals surface area contributed by atoms with E-state index in [9.17, 15) is 4.79 Å². The van der Waals surface area contributed by atoms with E-state index in [-0.39, 0.29) is 0 Å². The lowest BCUT2D eigenvalue weighted by Crippen LogP contribution is -2.20. The molecule has 1 fully saturated rings. The third-order valence-electron chi connectivity index (χ3n) is 3.50. The van der Waals surface area contributed by atoms with Crippen LogP contribution in [0.1, 0.15) is 34.8 Å². The van der Waals surface area contributed by atoms with Crippen molar-refractivity contribution < 1.29 is 9.90 Å². The molecule has 0 bridgehead atoms. The molecular weight excluding hydrogens is 248 g/mol. The Morgan fingerprint density at radius 1 is 1.56 bits per heavy atom. The summed E-state index contributed by atoms with van der Waals surface area (Å²) in [7, 11) is 0. The van der Waals surface area contributed by atoms with E-state index in [1.54, 1.807) is 11.3 Å². The first-order valence-corrected chi connectivity index (χ1v) is 7.23. The summed E-state index contributed by atoms with van der Waals surface area (Å²) in [5.74, 6) is -0.127. The van der Waals surface area contributed by atoms with Gasteiger partial charge in [0.15, 0.2) is 0 Å². The number of carboxylic acid groups (broad SMARTS) is 1. The fourth-order valence-electron chi connectivity index (χ4n) is 2.54. The molecule has 2 rings (SSSR count). The highest BCUT2D eigenvalue weighted by Gasteiger charge is 2.23. The Bertz CT molecular complexity index is 431. The zero-order valence-corrected chi connectivity index (χ0v) is 11.8. The second-order valence-corrected chi connectivity index (χ2v) is 6.35. The maximum absolute atomic E-state index is 10.6. The van der Waals surface area contributed by atoms with E-state index in [1.165, 1.54) is 4.88 Å². The molecule has 1 aromatic rings. The summed E-state index contributed by atoms with van der Waals surface area (Å²) in [6, 6.07) is 0. The highest BCUT2D eigenvalue weighted by Crippen LogP contribution is 2.25. The van der Waals surface area contributed by atoms with Crippen molar-refractivity contribution in [2.24, 2.45) is 5.92 Å². The predicted molar refractivity (Wildman–Crippen MR) is 71.8 cm³/mol. The summed E-state index contributed by atoms with van der Waals surface area (Å²) in [6.07, 6.45) is 2.24. The number of aliphatic carboxylic acids is 1. The molecule has 1 unspecified atom stereocenters. The van der Waals surface area contributed by atoms with Gasteiger partial charge in [-0.3, -0.25) is 9.69 Å². The number of carbonyl (C=O) groups is 1. The minimum Gasteiger partial charge on any atom is -0.481 e. The van der Waals surface area contributed by atoms with E-state index < -0.39 is 5.97 Å². The molecular formula is C13H20N2O2S. The van der Waals surface area contributed by atoms with Gasteiger partial charge in [0, 0.05) is 24.4 Å². The Labute approximate surface area is 112 Å². The lowest BCUT2D eigenvalue weighted by atomic mass is 10.0. The van der Waals surface area contributed by atoms with Crippen molar-refractivity contribution >= 4 is 17.3 Å². The fraction of sp³-hybridized carbons (Fsp3) is 0.692. The van der Waals surface area contributed by atoms with Crippen LogP contribution in [0.5, 0.6) is 0 Å². The van der Waals surface area contributed by atoms with Gasteiger partial charge in [0.1, 0.15) is 0 Å². The Balaban J connectivity index is 1.82. The molecule has 2 heterocycles. The summed E-state index contributed by atoms with van der Waals surface area (Å²) in [5, 5.41) is 9.82. The SMILES string of the molecule is Cc1nc(C)c(CN2CCC(CCC(=O)O)C2)s1. The minimum atomic E-state index is -0.678. The first kappa shape index (κ1) is 13.5. The number of aromatic nitrogens is 1. The topological polar surface area (TPSA) is 53.4 Å². The zero-order valence-electron chi connectivity index (χ0n) is 11.0. The average Bonchev–Trinajstić information content (AvgIpc) is 2.84. The minimum absolute atomic E-state index is 0.303. The fourth-order valence-corrected chi connectivity index (χ4v) is 3.52. The number of carboxylic acids is 1. The van der Waals surface area contributed by atoms with Crippen molar-refractivity contribution in [3.05, 3.63) is 15.6 Å². The molecule has 18 heavy (non-hydrogen) atoms. The number of aryl methyl sites for hydroxylation is 2. The van der Waals surface area contributed by atoms with E-state index in [1.807, 2.05) is 6.92 Å². The van der Waals surface area contributed by atoms with Gasteiger partial charge < -0.3 is 5.11 Å². The first-order valence-electron chi connectivity index (χ1n) is 6.41. The molecule has 0 amide bonds. The molecule has 0 spiro atoms. The van der Waals surface area contributed by atoms with Crippen LogP contribution in [0.3, 0.4) is 0 Å². The molecule has 1 aliphatic rings. The van der Waals surface area contributed by atoms with Crippen LogP contribution in [0.25, 0.3) is 0 Å². The second kappa shape index (κ2) is 5.80. The standard InChI is InChI=1S/C13H20N2O2S/c1-9-12(18-10(2)14-9)8-15-6-5-11(7-15)3-4-13(16)17/h11H,3-8H2,1-2H3,(H,16,17). The number of nitrogens with zero attached hydrogens (tertiary/aromatic N) is 2. The summed E-state index contributed by atoms with van der Waals surface area (Å²) in [5.41, 5.74) is 1.14. The summed E-state index contributed by atoms with van der Waals surface area (Å²) in [4.78, 5) is 18.8. The quantitative estimate of drug-likeness (QED) is 0.891. The van der Waals surface area contributed by atoms with Crippen molar-refractivity contribution in [1.82, 2.24) is 9.88 Å². The summed E-state index contributed by atoms with van der Waals surface area (Å²) < 4.78 is 0. The number of rotatable bonds is 5. The number of thiazole rings is 1. The highest BCUT2D eigenvalue weighted by molar-refractivity contribution is 7.11. The van der Waals surface area contributed by atoms with Crippen molar-refractivity contribution in [1.29, 1.82) is 0 Å². The molecule has 0 saturated carbocycles.